The number of nitrogens with zero attached hydrogens (tertiary/aromatic N) is 3. The van der Waals surface area contributed by atoms with Crippen molar-refractivity contribution >= 4 is 11.6 Å². The summed E-state index contributed by atoms with van der Waals surface area (Å²) >= 11 is 0. The van der Waals surface area contributed by atoms with Crippen molar-refractivity contribution in [2.45, 2.75) is 20.2 Å². The number of ether oxygens (including phenoxy) is 1. The van der Waals surface area contributed by atoms with Crippen molar-refractivity contribution in [2.75, 3.05) is 5.32 Å². The molecule has 196 valence electrons. The second kappa shape index (κ2) is 10.4. The van der Waals surface area contributed by atoms with E-state index in [1.807, 2.05) is 24.3 Å². The van der Waals surface area contributed by atoms with Gasteiger partial charge in [-0.25, -0.2) is 9.67 Å². The minimum absolute atomic E-state index is 0.226. The fraction of sp³-hybridized carbons (Fsp3) is 0.100. The highest BCUT2D eigenvalue weighted by atomic mass is 19.4. The standard InChI is InChI=1S/C30H23F3N4O2/c1-19-5-3-6-20(2)27(19)22-7-4-8-23(17-22)29(38)35-24-11-9-21(10-12-24)28-34-18-37(36-28)25-13-15-26(16-14-25)39-30(31,32)33/h3-18H,1-2H3,(H,35,38). The molecule has 0 aliphatic rings. The second-order valence-electron chi connectivity index (χ2n) is 8.93. The van der Waals surface area contributed by atoms with Gasteiger partial charge in [-0.05, 0) is 96.8 Å². The van der Waals surface area contributed by atoms with Crippen LogP contribution in [0.15, 0.2) is 97.3 Å². The van der Waals surface area contributed by atoms with Crippen LogP contribution in [0, 0.1) is 13.8 Å². The van der Waals surface area contributed by atoms with Crippen LogP contribution in [-0.2, 0) is 0 Å². The number of anilines is 1. The first-order chi connectivity index (χ1) is 18.7. The fourth-order valence-electron chi connectivity index (χ4n) is 4.31. The number of carbonyl (C=O) groups excluding carboxylic acids is 1. The van der Waals surface area contributed by atoms with Crippen LogP contribution < -0.4 is 10.1 Å². The lowest BCUT2D eigenvalue weighted by molar-refractivity contribution is -0.274. The van der Waals surface area contributed by atoms with Crippen LogP contribution in [0.5, 0.6) is 5.75 Å². The monoisotopic (exact) mass is 528 g/mol. The van der Waals surface area contributed by atoms with E-state index in [2.05, 4.69) is 46.1 Å². The number of hydrogen-bond acceptors (Lipinski definition) is 4. The van der Waals surface area contributed by atoms with Crippen LogP contribution in [-0.4, -0.2) is 27.0 Å². The number of amides is 1. The van der Waals surface area contributed by atoms with Crippen molar-refractivity contribution < 1.29 is 22.7 Å². The third-order valence-electron chi connectivity index (χ3n) is 6.12. The Balaban J connectivity index is 1.27. The smallest absolute Gasteiger partial charge is 0.406 e. The molecule has 0 fully saturated rings. The lowest BCUT2D eigenvalue weighted by atomic mass is 9.94. The molecule has 0 radical (unpaired) electrons. The maximum absolute atomic E-state index is 13.0. The Hall–Kier alpha value is -4.92. The third-order valence-corrected chi connectivity index (χ3v) is 6.12. The van der Waals surface area contributed by atoms with Crippen LogP contribution in [0.3, 0.4) is 0 Å². The first-order valence-corrected chi connectivity index (χ1v) is 12.0. The normalized spacial score (nSPS) is 11.3. The minimum Gasteiger partial charge on any atom is -0.406 e. The van der Waals surface area contributed by atoms with Gasteiger partial charge in [-0.15, -0.1) is 18.3 Å². The first kappa shape index (κ1) is 25.7. The van der Waals surface area contributed by atoms with Crippen molar-refractivity contribution in [1.82, 2.24) is 14.8 Å². The first-order valence-electron chi connectivity index (χ1n) is 12.0. The number of hydrogen-bond donors (Lipinski definition) is 1. The topological polar surface area (TPSA) is 69.0 Å². The molecule has 0 aliphatic heterocycles. The summed E-state index contributed by atoms with van der Waals surface area (Å²) in [4.78, 5) is 17.3. The highest BCUT2D eigenvalue weighted by Gasteiger charge is 2.31. The quantitative estimate of drug-likeness (QED) is 0.250. The Morgan fingerprint density at radius 2 is 1.51 bits per heavy atom. The number of aryl methyl sites for hydroxylation is 2. The van der Waals surface area contributed by atoms with E-state index in [0.29, 0.717) is 28.3 Å². The van der Waals surface area contributed by atoms with Gasteiger partial charge in [0, 0.05) is 16.8 Å². The predicted molar refractivity (Wildman–Crippen MR) is 143 cm³/mol. The number of aromatic nitrogens is 3. The van der Waals surface area contributed by atoms with Crippen LogP contribution in [0.4, 0.5) is 18.9 Å². The molecule has 0 spiro atoms. The summed E-state index contributed by atoms with van der Waals surface area (Å²) in [6.45, 7) is 4.11. The summed E-state index contributed by atoms with van der Waals surface area (Å²) in [5, 5.41) is 7.32. The van der Waals surface area contributed by atoms with Gasteiger partial charge in [0.2, 0.25) is 0 Å². The highest BCUT2D eigenvalue weighted by molar-refractivity contribution is 6.05. The molecule has 0 atom stereocenters. The van der Waals surface area contributed by atoms with E-state index in [1.165, 1.54) is 35.3 Å². The van der Waals surface area contributed by atoms with Crippen LogP contribution in [0.2, 0.25) is 0 Å². The molecule has 1 heterocycles. The van der Waals surface area contributed by atoms with Crippen molar-refractivity contribution in [2.24, 2.45) is 0 Å². The SMILES string of the molecule is Cc1cccc(C)c1-c1cccc(C(=O)Nc2ccc(-c3ncn(-c4ccc(OC(F)(F)F)cc4)n3)cc2)c1. The molecule has 6 nitrogen and oxygen atoms in total. The van der Waals surface area contributed by atoms with E-state index in [4.69, 9.17) is 0 Å². The summed E-state index contributed by atoms with van der Waals surface area (Å²) in [7, 11) is 0. The van der Waals surface area contributed by atoms with Crippen LogP contribution in [0.25, 0.3) is 28.2 Å². The molecule has 0 saturated heterocycles. The zero-order valence-electron chi connectivity index (χ0n) is 21.0. The van der Waals surface area contributed by atoms with Gasteiger partial charge in [0.15, 0.2) is 5.82 Å². The molecule has 0 saturated carbocycles. The summed E-state index contributed by atoms with van der Waals surface area (Å²) in [6.07, 6.45) is -3.29. The molecule has 1 aromatic heterocycles. The highest BCUT2D eigenvalue weighted by Crippen LogP contribution is 2.28. The number of alkyl halides is 3. The summed E-state index contributed by atoms with van der Waals surface area (Å²) in [5.41, 5.74) is 6.79. The Morgan fingerprint density at radius 3 is 2.18 bits per heavy atom. The molecule has 0 aliphatic carbocycles. The van der Waals surface area contributed by atoms with E-state index in [1.54, 1.807) is 30.3 Å². The molecular weight excluding hydrogens is 505 g/mol. The summed E-state index contributed by atoms with van der Waals surface area (Å²) in [6, 6.07) is 26.1. The molecule has 1 amide bonds. The number of benzene rings is 4. The van der Waals surface area contributed by atoms with Gasteiger partial charge in [-0.1, -0.05) is 30.3 Å². The molecule has 1 N–H and O–H groups in total. The molecule has 0 bridgehead atoms. The largest absolute Gasteiger partial charge is 0.573 e. The Bertz CT molecular complexity index is 1610. The molecule has 5 rings (SSSR count). The maximum atomic E-state index is 13.0. The minimum atomic E-state index is -4.75. The van der Waals surface area contributed by atoms with Gasteiger partial charge in [-0.2, -0.15) is 0 Å². The van der Waals surface area contributed by atoms with E-state index < -0.39 is 6.36 Å². The van der Waals surface area contributed by atoms with E-state index in [-0.39, 0.29) is 11.7 Å². The average Bonchev–Trinajstić information content (AvgIpc) is 3.39. The zero-order chi connectivity index (χ0) is 27.6. The van der Waals surface area contributed by atoms with Crippen molar-refractivity contribution in [1.29, 1.82) is 0 Å². The lowest BCUT2D eigenvalue weighted by Crippen LogP contribution is -2.17. The fourth-order valence-corrected chi connectivity index (χ4v) is 4.31. The predicted octanol–water partition coefficient (Wildman–Crippen LogP) is 7.37. The number of rotatable bonds is 6. The second-order valence-corrected chi connectivity index (χ2v) is 8.93. The van der Waals surface area contributed by atoms with Crippen molar-refractivity contribution in [3.8, 4) is 34.0 Å². The number of halogens is 3. The van der Waals surface area contributed by atoms with E-state index in [0.717, 1.165) is 22.3 Å². The van der Waals surface area contributed by atoms with Gasteiger partial charge < -0.3 is 10.1 Å². The Labute approximate surface area is 222 Å². The van der Waals surface area contributed by atoms with Gasteiger partial charge in [0.25, 0.3) is 5.91 Å². The summed E-state index contributed by atoms with van der Waals surface area (Å²) in [5.74, 6) is -0.123. The lowest BCUT2D eigenvalue weighted by Gasteiger charge is -2.12. The zero-order valence-corrected chi connectivity index (χ0v) is 21.0. The van der Waals surface area contributed by atoms with Gasteiger partial charge in [-0.3, -0.25) is 4.79 Å². The Kier molecular flexibility index (Phi) is 6.89. The number of carbonyl (C=O) groups is 1. The van der Waals surface area contributed by atoms with Gasteiger partial charge in [0.1, 0.15) is 12.1 Å². The van der Waals surface area contributed by atoms with Gasteiger partial charge in [0.05, 0.1) is 5.69 Å². The van der Waals surface area contributed by atoms with E-state index in [9.17, 15) is 18.0 Å². The van der Waals surface area contributed by atoms with Crippen LogP contribution >= 0.6 is 0 Å². The summed E-state index contributed by atoms with van der Waals surface area (Å²) < 4.78 is 42.5. The van der Waals surface area contributed by atoms with E-state index >= 15 is 0 Å². The molecular formula is C30H23F3N4O2. The molecule has 4 aromatic carbocycles. The molecule has 0 unspecified atom stereocenters. The molecule has 39 heavy (non-hydrogen) atoms. The molecule has 9 heteroatoms. The third kappa shape index (κ3) is 5.98. The maximum Gasteiger partial charge on any atom is 0.573 e. The Morgan fingerprint density at radius 1 is 0.846 bits per heavy atom. The van der Waals surface area contributed by atoms with Crippen LogP contribution in [0.1, 0.15) is 21.5 Å². The van der Waals surface area contributed by atoms with Crippen molar-refractivity contribution in [3.63, 3.8) is 0 Å². The van der Waals surface area contributed by atoms with Crippen molar-refractivity contribution in [3.05, 3.63) is 114 Å². The number of nitrogens with one attached hydrogen (secondary N) is 1. The molecule has 5 aromatic rings. The average molecular weight is 529 g/mol. The van der Waals surface area contributed by atoms with Gasteiger partial charge >= 0.3 is 6.36 Å².